The fourth-order valence-electron chi connectivity index (χ4n) is 4.36. The third kappa shape index (κ3) is 5.92. The summed E-state index contributed by atoms with van der Waals surface area (Å²) in [6, 6.07) is 11.8. The third-order valence-corrected chi connectivity index (χ3v) is 6.46. The zero-order valence-corrected chi connectivity index (χ0v) is 21.5. The van der Waals surface area contributed by atoms with Crippen molar-refractivity contribution in [2.24, 2.45) is 0 Å². The van der Waals surface area contributed by atoms with E-state index in [0.29, 0.717) is 61.4 Å². The molecular weight excluding hydrogens is 487 g/mol. The number of aromatic amines is 1. The van der Waals surface area contributed by atoms with E-state index in [-0.39, 0.29) is 11.7 Å². The van der Waals surface area contributed by atoms with Gasteiger partial charge in [0.05, 0.1) is 30.4 Å². The van der Waals surface area contributed by atoms with Crippen LogP contribution in [0.5, 0.6) is 5.75 Å². The molecule has 0 unspecified atom stereocenters. The highest BCUT2D eigenvalue weighted by molar-refractivity contribution is 5.95. The molecular formula is C28H31FN6O3. The Morgan fingerprint density at radius 2 is 1.92 bits per heavy atom. The lowest BCUT2D eigenvalue weighted by atomic mass is 10.1. The number of nitrogens with one attached hydrogen (secondary N) is 2. The van der Waals surface area contributed by atoms with E-state index in [9.17, 15) is 9.18 Å². The predicted octanol–water partition coefficient (Wildman–Crippen LogP) is 4.31. The number of piperazine rings is 1. The minimum absolute atomic E-state index is 0.0173. The number of fused-ring (bicyclic) bond motifs is 1. The van der Waals surface area contributed by atoms with Gasteiger partial charge in [-0.05, 0) is 56.4 Å². The minimum atomic E-state index is -0.295. The van der Waals surface area contributed by atoms with Crippen molar-refractivity contribution >= 4 is 28.3 Å². The van der Waals surface area contributed by atoms with Crippen LogP contribution in [0, 0.1) is 5.82 Å². The summed E-state index contributed by atoms with van der Waals surface area (Å²) in [5.41, 5.74) is 3.36. The van der Waals surface area contributed by atoms with Crippen LogP contribution in [-0.4, -0.2) is 83.7 Å². The minimum Gasteiger partial charge on any atom is -0.489 e. The van der Waals surface area contributed by atoms with Crippen LogP contribution in [0.1, 0.15) is 17.3 Å². The molecule has 9 nitrogen and oxygen atoms in total. The van der Waals surface area contributed by atoms with E-state index in [1.807, 2.05) is 24.0 Å². The maximum absolute atomic E-state index is 13.6. The first-order valence-corrected chi connectivity index (χ1v) is 12.7. The summed E-state index contributed by atoms with van der Waals surface area (Å²) in [4.78, 5) is 29.5. The molecule has 1 saturated heterocycles. The number of carbonyl (C=O) groups excluding carboxylic acids is 1. The van der Waals surface area contributed by atoms with Gasteiger partial charge < -0.3 is 29.6 Å². The second-order valence-electron chi connectivity index (χ2n) is 9.18. The molecule has 0 bridgehead atoms. The van der Waals surface area contributed by atoms with Crippen molar-refractivity contribution in [3.8, 4) is 17.1 Å². The van der Waals surface area contributed by atoms with E-state index < -0.39 is 0 Å². The molecule has 10 heteroatoms. The van der Waals surface area contributed by atoms with E-state index in [4.69, 9.17) is 9.47 Å². The molecule has 3 heterocycles. The maximum atomic E-state index is 13.6. The summed E-state index contributed by atoms with van der Waals surface area (Å²) in [5.74, 6) is 0.713. The number of amides is 1. The predicted molar refractivity (Wildman–Crippen MR) is 144 cm³/mol. The van der Waals surface area contributed by atoms with Gasteiger partial charge in [0.15, 0.2) is 0 Å². The van der Waals surface area contributed by atoms with Crippen molar-refractivity contribution in [2.75, 3.05) is 58.4 Å². The van der Waals surface area contributed by atoms with E-state index in [0.717, 1.165) is 29.7 Å². The lowest BCUT2D eigenvalue weighted by molar-refractivity contribution is 0.0663. The first kappa shape index (κ1) is 25.6. The summed E-state index contributed by atoms with van der Waals surface area (Å²) in [5, 5.41) is 4.03. The Kier molecular flexibility index (Phi) is 7.81. The number of ether oxygens (including phenoxy) is 2. The number of carbonyl (C=O) groups is 1. The molecule has 4 aromatic rings. The lowest BCUT2D eigenvalue weighted by Crippen LogP contribution is -2.47. The summed E-state index contributed by atoms with van der Waals surface area (Å²) >= 11 is 0. The molecule has 0 spiro atoms. The third-order valence-electron chi connectivity index (χ3n) is 6.46. The van der Waals surface area contributed by atoms with Gasteiger partial charge >= 0.3 is 0 Å². The number of hydrogen-bond donors (Lipinski definition) is 2. The number of aromatic nitrogens is 3. The zero-order valence-electron chi connectivity index (χ0n) is 21.5. The van der Waals surface area contributed by atoms with Gasteiger partial charge in [-0.3, -0.25) is 9.78 Å². The first-order chi connectivity index (χ1) is 18.5. The summed E-state index contributed by atoms with van der Waals surface area (Å²) in [7, 11) is 2.06. The van der Waals surface area contributed by atoms with Gasteiger partial charge in [0.1, 0.15) is 29.7 Å². The van der Waals surface area contributed by atoms with Crippen molar-refractivity contribution in [1.29, 1.82) is 0 Å². The first-order valence-electron chi connectivity index (χ1n) is 12.7. The van der Waals surface area contributed by atoms with Crippen molar-refractivity contribution in [1.82, 2.24) is 24.8 Å². The van der Waals surface area contributed by atoms with Crippen molar-refractivity contribution in [2.45, 2.75) is 6.92 Å². The number of anilines is 2. The molecule has 0 atom stereocenters. The Morgan fingerprint density at radius 1 is 1.08 bits per heavy atom. The largest absolute Gasteiger partial charge is 0.489 e. The van der Waals surface area contributed by atoms with E-state index >= 15 is 0 Å². The van der Waals surface area contributed by atoms with Crippen LogP contribution < -0.4 is 10.1 Å². The normalized spacial score (nSPS) is 14.1. The number of likely N-dealkylation sites (N-methyl/N-ethyl adjacent to an activating group) is 1. The van der Waals surface area contributed by atoms with Gasteiger partial charge in [0, 0.05) is 49.3 Å². The molecule has 0 radical (unpaired) electrons. The number of rotatable bonds is 9. The Labute approximate surface area is 220 Å². The number of H-pyrrole nitrogens is 1. The van der Waals surface area contributed by atoms with Crippen LogP contribution in [0.25, 0.3) is 22.3 Å². The fraction of sp³-hybridized carbons (Fsp3) is 0.321. The summed E-state index contributed by atoms with van der Waals surface area (Å²) < 4.78 is 25.1. The molecule has 1 aliphatic heterocycles. The lowest BCUT2D eigenvalue weighted by Gasteiger charge is -2.32. The molecule has 38 heavy (non-hydrogen) atoms. The number of hydrogen-bond acceptors (Lipinski definition) is 7. The quantitative estimate of drug-likeness (QED) is 0.319. The second-order valence-corrected chi connectivity index (χ2v) is 9.18. The highest BCUT2D eigenvalue weighted by Crippen LogP contribution is 2.30. The Morgan fingerprint density at radius 3 is 2.74 bits per heavy atom. The number of nitrogens with zero attached hydrogens (tertiary/aromatic N) is 4. The average molecular weight is 519 g/mol. The van der Waals surface area contributed by atoms with E-state index in [1.165, 1.54) is 12.1 Å². The van der Waals surface area contributed by atoms with Gasteiger partial charge in [-0.1, -0.05) is 0 Å². The molecule has 1 aliphatic rings. The molecule has 0 saturated carbocycles. The Balaban J connectivity index is 1.38. The molecule has 2 N–H and O–H groups in total. The van der Waals surface area contributed by atoms with Gasteiger partial charge in [0.25, 0.3) is 5.91 Å². The van der Waals surface area contributed by atoms with Crippen LogP contribution in [-0.2, 0) is 4.74 Å². The van der Waals surface area contributed by atoms with Gasteiger partial charge in [-0.15, -0.1) is 0 Å². The van der Waals surface area contributed by atoms with Crippen LogP contribution in [0.3, 0.4) is 0 Å². The number of halogens is 1. The maximum Gasteiger partial charge on any atom is 0.254 e. The van der Waals surface area contributed by atoms with Crippen LogP contribution in [0.4, 0.5) is 15.9 Å². The van der Waals surface area contributed by atoms with Crippen LogP contribution >= 0.6 is 0 Å². The Hall–Kier alpha value is -4.02. The molecule has 1 amide bonds. The van der Waals surface area contributed by atoms with Crippen molar-refractivity contribution < 1.29 is 18.7 Å². The molecule has 198 valence electrons. The Bertz CT molecular complexity index is 1420. The van der Waals surface area contributed by atoms with E-state index in [2.05, 4.69) is 32.2 Å². The van der Waals surface area contributed by atoms with Crippen LogP contribution in [0.2, 0.25) is 0 Å². The van der Waals surface area contributed by atoms with Gasteiger partial charge in [0.2, 0.25) is 0 Å². The highest BCUT2D eigenvalue weighted by atomic mass is 19.1. The highest BCUT2D eigenvalue weighted by Gasteiger charge is 2.21. The average Bonchev–Trinajstić information content (AvgIpc) is 3.35. The standard InChI is InChI=1S/C28H31FN6O3/c1-3-37-12-13-38-26-16-19(28(36)35-10-8-34(2)9-11-35)4-6-23(26)32-27-18-30-17-25(33-27)24-15-20-14-21(29)5-7-22(20)31-24/h4-7,14-18,31H,3,8-13H2,1-2H3,(H,32,33). The molecule has 1 fully saturated rings. The fourth-order valence-corrected chi connectivity index (χ4v) is 4.36. The monoisotopic (exact) mass is 518 g/mol. The van der Waals surface area contributed by atoms with E-state index in [1.54, 1.807) is 30.6 Å². The van der Waals surface area contributed by atoms with Gasteiger partial charge in [-0.25, -0.2) is 9.37 Å². The van der Waals surface area contributed by atoms with Crippen molar-refractivity contribution in [3.05, 3.63) is 66.2 Å². The summed E-state index contributed by atoms with van der Waals surface area (Å²) in [6.45, 7) is 6.38. The summed E-state index contributed by atoms with van der Waals surface area (Å²) in [6.07, 6.45) is 3.25. The smallest absolute Gasteiger partial charge is 0.254 e. The molecule has 5 rings (SSSR count). The zero-order chi connectivity index (χ0) is 26.5. The van der Waals surface area contributed by atoms with Crippen LogP contribution in [0.15, 0.2) is 54.9 Å². The molecule has 2 aromatic heterocycles. The molecule has 0 aliphatic carbocycles. The molecule has 2 aromatic carbocycles. The van der Waals surface area contributed by atoms with Gasteiger partial charge in [-0.2, -0.15) is 0 Å². The SMILES string of the molecule is CCOCCOc1cc(C(=O)N2CCN(C)CC2)ccc1Nc1cncc(-c2cc3cc(F)ccc3[nH]2)n1. The number of benzene rings is 2. The topological polar surface area (TPSA) is 95.6 Å². The second kappa shape index (κ2) is 11.6. The van der Waals surface area contributed by atoms with Crippen molar-refractivity contribution in [3.63, 3.8) is 0 Å².